The van der Waals surface area contributed by atoms with Crippen LogP contribution in [0, 0.1) is 0 Å². The van der Waals surface area contributed by atoms with Crippen molar-refractivity contribution in [2.45, 2.75) is 58.8 Å². The van der Waals surface area contributed by atoms with Crippen LogP contribution in [0.25, 0.3) is 0 Å². The van der Waals surface area contributed by atoms with Gasteiger partial charge in [0.05, 0.1) is 13.2 Å². The van der Waals surface area contributed by atoms with Crippen LogP contribution < -0.4 is 0 Å². The Labute approximate surface area is 107 Å². The van der Waals surface area contributed by atoms with E-state index in [4.69, 9.17) is 4.74 Å². The highest BCUT2D eigenvalue weighted by Gasteiger charge is 2.09. The quantitative estimate of drug-likeness (QED) is 0.594. The predicted octanol–water partition coefficient (Wildman–Crippen LogP) is 3.97. The lowest BCUT2D eigenvalue weighted by Gasteiger charge is -2.29. The van der Waals surface area contributed by atoms with Gasteiger partial charge in [-0.1, -0.05) is 45.1 Å². The lowest BCUT2D eigenvalue weighted by atomic mass is 10.1. The molecule has 0 unspecified atom stereocenters. The zero-order valence-electron chi connectivity index (χ0n) is 11.7. The van der Waals surface area contributed by atoms with Crippen molar-refractivity contribution in [1.82, 2.24) is 4.90 Å². The number of unbranched alkanes of at least 4 members (excludes halogenated alkanes) is 6. The minimum atomic E-state index is 0.891. The second-order valence-corrected chi connectivity index (χ2v) is 5.00. The molecular weight excluding hydrogens is 210 g/mol. The van der Waals surface area contributed by atoms with Gasteiger partial charge < -0.3 is 9.64 Å². The van der Waals surface area contributed by atoms with Crippen molar-refractivity contribution in [3.8, 4) is 0 Å². The Kier molecular flexibility index (Phi) is 8.16. The minimum Gasteiger partial charge on any atom is -0.378 e. The molecule has 0 saturated carbocycles. The molecule has 0 aromatic heterocycles. The van der Waals surface area contributed by atoms with Gasteiger partial charge in [0.2, 0.25) is 0 Å². The third-order valence-electron chi connectivity index (χ3n) is 3.51. The van der Waals surface area contributed by atoms with E-state index in [9.17, 15) is 0 Å². The first-order valence-electron chi connectivity index (χ1n) is 7.34. The largest absolute Gasteiger partial charge is 0.378 e. The smallest absolute Gasteiger partial charge is 0.0642 e. The van der Waals surface area contributed by atoms with Crippen LogP contribution in [0.2, 0.25) is 0 Å². The molecule has 0 N–H and O–H groups in total. The molecule has 100 valence electrons. The molecule has 1 fully saturated rings. The highest BCUT2D eigenvalue weighted by Crippen LogP contribution is 2.11. The summed E-state index contributed by atoms with van der Waals surface area (Å²) in [6.45, 7) is 8.43. The number of morpholine rings is 1. The Balaban J connectivity index is 2.02. The molecule has 1 saturated heterocycles. The van der Waals surface area contributed by atoms with Crippen LogP contribution in [-0.4, -0.2) is 31.2 Å². The van der Waals surface area contributed by atoms with Crippen molar-refractivity contribution in [2.75, 3.05) is 26.3 Å². The first-order chi connectivity index (χ1) is 8.34. The number of hydrogen-bond donors (Lipinski definition) is 0. The third-order valence-corrected chi connectivity index (χ3v) is 3.51. The summed E-state index contributed by atoms with van der Waals surface area (Å²) >= 11 is 0. The van der Waals surface area contributed by atoms with Crippen LogP contribution in [0.3, 0.4) is 0 Å². The van der Waals surface area contributed by atoms with Gasteiger partial charge in [-0.25, -0.2) is 0 Å². The maximum Gasteiger partial charge on any atom is 0.0642 e. The van der Waals surface area contributed by atoms with Gasteiger partial charge in [-0.05, 0) is 19.8 Å². The van der Waals surface area contributed by atoms with Crippen LogP contribution in [0.5, 0.6) is 0 Å². The number of allylic oxidation sites excluding steroid dienone is 2. The van der Waals surface area contributed by atoms with Crippen LogP contribution in [0.15, 0.2) is 11.8 Å². The molecular formula is C15H29NO. The highest BCUT2D eigenvalue weighted by molar-refractivity contribution is 4.98. The molecule has 1 aliphatic heterocycles. The van der Waals surface area contributed by atoms with E-state index in [1.807, 2.05) is 0 Å². The zero-order valence-corrected chi connectivity index (χ0v) is 11.7. The minimum absolute atomic E-state index is 0.891. The van der Waals surface area contributed by atoms with Gasteiger partial charge in [0, 0.05) is 18.8 Å². The van der Waals surface area contributed by atoms with E-state index >= 15 is 0 Å². The van der Waals surface area contributed by atoms with Gasteiger partial charge in [-0.3, -0.25) is 0 Å². The molecule has 2 nitrogen and oxygen atoms in total. The average molecular weight is 239 g/mol. The lowest BCUT2D eigenvalue weighted by molar-refractivity contribution is 0.0536. The summed E-state index contributed by atoms with van der Waals surface area (Å²) in [6, 6.07) is 0. The fourth-order valence-corrected chi connectivity index (χ4v) is 2.28. The zero-order chi connectivity index (χ0) is 12.3. The first-order valence-corrected chi connectivity index (χ1v) is 7.34. The van der Waals surface area contributed by atoms with Crippen molar-refractivity contribution < 1.29 is 4.74 Å². The van der Waals surface area contributed by atoms with Gasteiger partial charge >= 0.3 is 0 Å². The number of hydrogen-bond acceptors (Lipinski definition) is 2. The summed E-state index contributed by atoms with van der Waals surface area (Å²) in [4.78, 5) is 2.45. The maximum absolute atomic E-state index is 5.36. The van der Waals surface area contributed by atoms with Crippen molar-refractivity contribution in [2.24, 2.45) is 0 Å². The fraction of sp³-hybridized carbons (Fsp3) is 0.867. The summed E-state index contributed by atoms with van der Waals surface area (Å²) in [5.74, 6) is 0. The van der Waals surface area contributed by atoms with E-state index in [2.05, 4.69) is 24.8 Å². The summed E-state index contributed by atoms with van der Waals surface area (Å²) in [6.07, 6.45) is 12.0. The average Bonchev–Trinajstić information content (AvgIpc) is 2.38. The number of ether oxygens (including phenoxy) is 1. The molecule has 1 aliphatic rings. The molecule has 0 amide bonds. The molecule has 0 atom stereocenters. The van der Waals surface area contributed by atoms with E-state index in [1.54, 1.807) is 0 Å². The van der Waals surface area contributed by atoms with Crippen LogP contribution in [-0.2, 0) is 4.74 Å². The van der Waals surface area contributed by atoms with E-state index in [0.29, 0.717) is 0 Å². The molecule has 0 bridgehead atoms. The third kappa shape index (κ3) is 6.72. The fourth-order valence-electron chi connectivity index (χ4n) is 2.28. The Bertz CT molecular complexity index is 207. The van der Waals surface area contributed by atoms with Crippen LogP contribution >= 0.6 is 0 Å². The van der Waals surface area contributed by atoms with Crippen LogP contribution in [0.1, 0.15) is 58.8 Å². The van der Waals surface area contributed by atoms with Crippen LogP contribution in [0.4, 0.5) is 0 Å². The Morgan fingerprint density at radius 1 is 1.06 bits per heavy atom. The van der Waals surface area contributed by atoms with Gasteiger partial charge in [0.15, 0.2) is 0 Å². The molecule has 0 aromatic rings. The first kappa shape index (κ1) is 14.6. The Morgan fingerprint density at radius 2 is 1.71 bits per heavy atom. The van der Waals surface area contributed by atoms with Crippen molar-refractivity contribution in [1.29, 1.82) is 0 Å². The van der Waals surface area contributed by atoms with Gasteiger partial charge in [-0.2, -0.15) is 0 Å². The van der Waals surface area contributed by atoms with E-state index < -0.39 is 0 Å². The number of nitrogens with zero attached hydrogens (tertiary/aromatic N) is 1. The van der Waals surface area contributed by atoms with E-state index in [1.165, 1.54) is 50.6 Å². The van der Waals surface area contributed by atoms with Gasteiger partial charge in [-0.15, -0.1) is 0 Å². The summed E-state index contributed by atoms with van der Waals surface area (Å²) in [5, 5.41) is 0. The molecule has 2 heteroatoms. The molecule has 17 heavy (non-hydrogen) atoms. The van der Waals surface area contributed by atoms with Gasteiger partial charge in [0.1, 0.15) is 0 Å². The van der Waals surface area contributed by atoms with Crippen molar-refractivity contribution >= 4 is 0 Å². The molecule has 0 spiro atoms. The molecule has 0 radical (unpaired) electrons. The van der Waals surface area contributed by atoms with Crippen molar-refractivity contribution in [3.63, 3.8) is 0 Å². The topological polar surface area (TPSA) is 12.5 Å². The van der Waals surface area contributed by atoms with Gasteiger partial charge in [0.25, 0.3) is 0 Å². The summed E-state index contributed by atoms with van der Waals surface area (Å²) < 4.78 is 5.36. The highest BCUT2D eigenvalue weighted by atomic mass is 16.5. The Hall–Kier alpha value is -0.500. The summed E-state index contributed by atoms with van der Waals surface area (Å²) in [5.41, 5.74) is 1.45. The Morgan fingerprint density at radius 3 is 2.41 bits per heavy atom. The SMILES string of the molecule is CCCCCCCCC=C(C)N1CCOCC1. The standard InChI is InChI=1S/C15H29NO/c1-3-4-5-6-7-8-9-10-15(2)16-11-13-17-14-12-16/h10H,3-9,11-14H2,1-2H3. The normalized spacial score (nSPS) is 17.5. The summed E-state index contributed by atoms with van der Waals surface area (Å²) in [7, 11) is 0. The van der Waals surface area contributed by atoms with E-state index in [-0.39, 0.29) is 0 Å². The van der Waals surface area contributed by atoms with E-state index in [0.717, 1.165) is 26.3 Å². The molecule has 1 heterocycles. The van der Waals surface area contributed by atoms with Crippen molar-refractivity contribution in [3.05, 3.63) is 11.8 Å². The maximum atomic E-state index is 5.36. The second-order valence-electron chi connectivity index (χ2n) is 5.00. The molecule has 1 rings (SSSR count). The molecule has 0 aromatic carbocycles. The second kappa shape index (κ2) is 9.52. The lowest BCUT2D eigenvalue weighted by Crippen LogP contribution is -2.34. The number of rotatable bonds is 8. The molecule has 0 aliphatic carbocycles. The predicted molar refractivity (Wildman–Crippen MR) is 74.1 cm³/mol. The monoisotopic (exact) mass is 239 g/mol.